The molecule has 0 aliphatic carbocycles. The third kappa shape index (κ3) is 2.04. The molecule has 0 spiro atoms. The summed E-state index contributed by atoms with van der Waals surface area (Å²) in [6, 6.07) is 3.99. The minimum atomic E-state index is 0.565. The lowest BCUT2D eigenvalue weighted by molar-refractivity contribution is 0.419. The lowest BCUT2D eigenvalue weighted by Crippen LogP contribution is -2.13. The SMILES string of the molecule is COc1cc(Cl)c(C)c2c(N(C)C)c(C#N)c(C)nc12. The molecule has 0 N–H and O–H groups in total. The lowest BCUT2D eigenvalue weighted by atomic mass is 10.0. The van der Waals surface area contributed by atoms with Crippen molar-refractivity contribution in [3.8, 4) is 11.8 Å². The summed E-state index contributed by atoms with van der Waals surface area (Å²) in [5.41, 5.74) is 3.71. The summed E-state index contributed by atoms with van der Waals surface area (Å²) in [6.45, 7) is 3.75. The molecule has 2 aromatic rings. The molecule has 0 radical (unpaired) electrons. The normalized spacial score (nSPS) is 10.4. The molecule has 5 heteroatoms. The van der Waals surface area contributed by atoms with Crippen LogP contribution >= 0.6 is 11.6 Å². The second-order valence-electron chi connectivity index (χ2n) is 4.84. The number of benzene rings is 1. The van der Waals surface area contributed by atoms with Crippen LogP contribution in [-0.4, -0.2) is 26.2 Å². The average Bonchev–Trinajstić information content (AvgIpc) is 2.41. The molecule has 0 aliphatic heterocycles. The minimum Gasteiger partial charge on any atom is -0.494 e. The molecule has 0 fully saturated rings. The monoisotopic (exact) mass is 289 g/mol. The highest BCUT2D eigenvalue weighted by Gasteiger charge is 2.20. The Morgan fingerprint density at radius 3 is 2.50 bits per heavy atom. The van der Waals surface area contributed by atoms with Gasteiger partial charge < -0.3 is 9.64 Å². The number of aromatic nitrogens is 1. The second-order valence-corrected chi connectivity index (χ2v) is 5.24. The van der Waals surface area contributed by atoms with Crippen LogP contribution in [-0.2, 0) is 0 Å². The fraction of sp³-hybridized carbons (Fsp3) is 0.333. The van der Waals surface area contributed by atoms with Crippen molar-refractivity contribution in [1.82, 2.24) is 4.98 Å². The first-order chi connectivity index (χ1) is 9.42. The highest BCUT2D eigenvalue weighted by Crippen LogP contribution is 2.40. The molecule has 0 bridgehead atoms. The fourth-order valence-electron chi connectivity index (χ4n) is 2.37. The van der Waals surface area contributed by atoms with E-state index in [2.05, 4.69) is 11.1 Å². The summed E-state index contributed by atoms with van der Waals surface area (Å²) in [7, 11) is 5.40. The first-order valence-electron chi connectivity index (χ1n) is 6.17. The van der Waals surface area contributed by atoms with E-state index in [9.17, 15) is 5.26 Å². The van der Waals surface area contributed by atoms with Crippen molar-refractivity contribution < 1.29 is 4.74 Å². The third-order valence-electron chi connectivity index (χ3n) is 3.36. The van der Waals surface area contributed by atoms with Crippen molar-refractivity contribution in [2.24, 2.45) is 0 Å². The Bertz CT molecular complexity index is 732. The Hall–Kier alpha value is -1.99. The van der Waals surface area contributed by atoms with Gasteiger partial charge in [-0.3, -0.25) is 0 Å². The Morgan fingerprint density at radius 1 is 1.35 bits per heavy atom. The van der Waals surface area contributed by atoms with E-state index in [1.54, 1.807) is 13.2 Å². The molecule has 1 heterocycles. The molecule has 1 aromatic carbocycles. The number of aryl methyl sites for hydroxylation is 2. The number of pyridine rings is 1. The molecule has 0 saturated heterocycles. The first-order valence-corrected chi connectivity index (χ1v) is 6.55. The zero-order chi connectivity index (χ0) is 15.0. The number of methoxy groups -OCH3 is 1. The van der Waals surface area contributed by atoms with Gasteiger partial charge in [-0.15, -0.1) is 0 Å². The van der Waals surface area contributed by atoms with Crippen LogP contribution in [0.1, 0.15) is 16.8 Å². The number of hydrogen-bond acceptors (Lipinski definition) is 4. The minimum absolute atomic E-state index is 0.565. The summed E-state index contributed by atoms with van der Waals surface area (Å²) in [4.78, 5) is 6.44. The summed E-state index contributed by atoms with van der Waals surface area (Å²) in [5, 5.41) is 10.9. The topological polar surface area (TPSA) is 49.1 Å². The van der Waals surface area contributed by atoms with Gasteiger partial charge in [0.1, 0.15) is 17.3 Å². The molecule has 4 nitrogen and oxygen atoms in total. The average molecular weight is 290 g/mol. The first kappa shape index (κ1) is 14.4. The predicted octanol–water partition coefficient (Wildman–Crippen LogP) is 3.45. The molecule has 104 valence electrons. The van der Waals surface area contributed by atoms with E-state index in [0.717, 1.165) is 22.2 Å². The van der Waals surface area contributed by atoms with E-state index in [4.69, 9.17) is 16.3 Å². The predicted molar refractivity (Wildman–Crippen MR) is 81.8 cm³/mol. The van der Waals surface area contributed by atoms with Crippen LogP contribution in [0.3, 0.4) is 0 Å². The summed E-state index contributed by atoms with van der Waals surface area (Å²) in [6.07, 6.45) is 0. The van der Waals surface area contributed by atoms with Crippen LogP contribution in [0, 0.1) is 25.2 Å². The largest absolute Gasteiger partial charge is 0.494 e. The Balaban J connectivity index is 3.11. The molecule has 20 heavy (non-hydrogen) atoms. The summed E-state index contributed by atoms with van der Waals surface area (Å²) < 4.78 is 5.38. The van der Waals surface area contributed by atoms with Crippen LogP contribution < -0.4 is 9.64 Å². The molecule has 0 atom stereocenters. The van der Waals surface area contributed by atoms with E-state index >= 15 is 0 Å². The van der Waals surface area contributed by atoms with E-state index in [0.29, 0.717) is 22.0 Å². The maximum absolute atomic E-state index is 9.41. The Morgan fingerprint density at radius 2 is 2.00 bits per heavy atom. The number of fused-ring (bicyclic) bond motifs is 1. The van der Waals surface area contributed by atoms with Crippen molar-refractivity contribution in [2.75, 3.05) is 26.1 Å². The van der Waals surface area contributed by atoms with E-state index < -0.39 is 0 Å². The molecular formula is C15H16ClN3O. The molecule has 0 unspecified atom stereocenters. The lowest BCUT2D eigenvalue weighted by Gasteiger charge is -2.21. The standard InChI is InChI=1S/C15H16ClN3O/c1-8-11(16)6-12(20-5)14-13(8)15(19(3)4)10(7-17)9(2)18-14/h6H,1-5H3. The molecule has 0 amide bonds. The quantitative estimate of drug-likeness (QED) is 0.849. The van der Waals surface area contributed by atoms with Crippen LogP contribution in [0.5, 0.6) is 5.75 Å². The molecule has 1 aromatic heterocycles. The Labute approximate surface area is 123 Å². The molecule has 0 saturated carbocycles. The van der Waals surface area contributed by atoms with Gasteiger partial charge in [-0.05, 0) is 19.4 Å². The van der Waals surface area contributed by atoms with Gasteiger partial charge in [0.05, 0.1) is 24.1 Å². The smallest absolute Gasteiger partial charge is 0.146 e. The van der Waals surface area contributed by atoms with Gasteiger partial charge in [-0.25, -0.2) is 4.98 Å². The van der Waals surface area contributed by atoms with Crippen molar-refractivity contribution in [3.63, 3.8) is 0 Å². The van der Waals surface area contributed by atoms with Crippen LogP contribution in [0.25, 0.3) is 10.9 Å². The van der Waals surface area contributed by atoms with Crippen LogP contribution in [0.2, 0.25) is 5.02 Å². The molecule has 2 rings (SSSR count). The van der Waals surface area contributed by atoms with Gasteiger partial charge in [0.15, 0.2) is 0 Å². The number of rotatable bonds is 2. The maximum Gasteiger partial charge on any atom is 0.146 e. The van der Waals surface area contributed by atoms with Crippen molar-refractivity contribution in [1.29, 1.82) is 5.26 Å². The number of nitriles is 1. The number of ether oxygens (including phenoxy) is 1. The van der Waals surface area contributed by atoms with Crippen LogP contribution in [0.4, 0.5) is 5.69 Å². The van der Waals surface area contributed by atoms with Gasteiger partial charge in [-0.2, -0.15) is 5.26 Å². The van der Waals surface area contributed by atoms with Crippen molar-refractivity contribution in [3.05, 3.63) is 27.9 Å². The number of hydrogen-bond donors (Lipinski definition) is 0. The van der Waals surface area contributed by atoms with Crippen LogP contribution in [0.15, 0.2) is 6.07 Å². The zero-order valence-corrected chi connectivity index (χ0v) is 13.0. The van der Waals surface area contributed by atoms with E-state index in [1.807, 2.05) is 32.8 Å². The number of anilines is 1. The fourth-order valence-corrected chi connectivity index (χ4v) is 2.56. The summed E-state index contributed by atoms with van der Waals surface area (Å²) >= 11 is 6.27. The maximum atomic E-state index is 9.41. The molecule has 0 aliphatic rings. The zero-order valence-electron chi connectivity index (χ0n) is 12.2. The van der Waals surface area contributed by atoms with E-state index in [1.165, 1.54) is 0 Å². The summed E-state index contributed by atoms with van der Waals surface area (Å²) in [5.74, 6) is 0.617. The number of halogens is 1. The number of nitrogens with zero attached hydrogens (tertiary/aromatic N) is 3. The Kier molecular flexibility index (Phi) is 3.74. The highest BCUT2D eigenvalue weighted by atomic mass is 35.5. The van der Waals surface area contributed by atoms with Gasteiger partial charge >= 0.3 is 0 Å². The van der Waals surface area contributed by atoms with Gasteiger partial charge in [0.25, 0.3) is 0 Å². The third-order valence-corrected chi connectivity index (χ3v) is 3.75. The second kappa shape index (κ2) is 5.18. The van der Waals surface area contributed by atoms with Gasteiger partial charge in [0.2, 0.25) is 0 Å². The molecular weight excluding hydrogens is 274 g/mol. The highest BCUT2D eigenvalue weighted by molar-refractivity contribution is 6.33. The van der Waals surface area contributed by atoms with Crippen molar-refractivity contribution >= 4 is 28.2 Å². The van der Waals surface area contributed by atoms with Gasteiger partial charge in [0, 0.05) is 30.6 Å². The van der Waals surface area contributed by atoms with Gasteiger partial charge in [-0.1, -0.05) is 11.6 Å². The van der Waals surface area contributed by atoms with E-state index in [-0.39, 0.29) is 0 Å². The van der Waals surface area contributed by atoms with Crippen molar-refractivity contribution in [2.45, 2.75) is 13.8 Å².